The zero-order valence-electron chi connectivity index (χ0n) is 16.9. The fraction of sp³-hybridized carbons (Fsp3) is 0.409. The Morgan fingerprint density at radius 3 is 2.12 bits per heavy atom. The highest BCUT2D eigenvalue weighted by atomic mass is 16.2. The second-order valence-electron chi connectivity index (χ2n) is 7.34. The minimum Gasteiger partial charge on any atom is -0.378 e. The number of benzene rings is 2. The van der Waals surface area contributed by atoms with E-state index in [1.165, 1.54) is 21.7 Å². The van der Waals surface area contributed by atoms with Crippen LogP contribution < -0.4 is 15.1 Å². The fourth-order valence-electron chi connectivity index (χ4n) is 3.30. The van der Waals surface area contributed by atoms with E-state index in [1.807, 2.05) is 27.9 Å². The van der Waals surface area contributed by atoms with Crippen LogP contribution in [-0.2, 0) is 11.3 Å². The second kappa shape index (κ2) is 8.86. The van der Waals surface area contributed by atoms with Gasteiger partial charge in [0.2, 0.25) is 0 Å². The van der Waals surface area contributed by atoms with Gasteiger partial charge in [0.05, 0.1) is 6.54 Å². The van der Waals surface area contributed by atoms with Gasteiger partial charge in [-0.05, 0) is 51.0 Å². The number of rotatable bonds is 7. The molecule has 26 heavy (non-hydrogen) atoms. The lowest BCUT2D eigenvalue weighted by Gasteiger charge is -2.19. The molecule has 2 rings (SSSR count). The SMILES string of the molecule is CC[NH+](CC(=O)Nc1c(C)cc(C)cc1C)Cc1ccc(N(C)C)cc1. The first-order valence-electron chi connectivity index (χ1n) is 9.27. The summed E-state index contributed by atoms with van der Waals surface area (Å²) in [4.78, 5) is 15.9. The first kappa shape index (κ1) is 20.0. The lowest BCUT2D eigenvalue weighted by Crippen LogP contribution is -3.11. The average molecular weight is 355 g/mol. The standard InChI is InChI=1S/C22H31N3O/c1-7-25(14-19-8-10-20(11-9-19)24(5)6)15-21(26)23-22-17(3)12-16(2)13-18(22)4/h8-13H,7,14-15H2,1-6H3,(H,23,26)/p+1. The molecule has 0 spiro atoms. The van der Waals surface area contributed by atoms with Crippen LogP contribution in [-0.4, -0.2) is 33.1 Å². The predicted molar refractivity (Wildman–Crippen MR) is 110 cm³/mol. The summed E-state index contributed by atoms with van der Waals surface area (Å²) in [5, 5.41) is 3.11. The van der Waals surface area contributed by atoms with Crippen LogP contribution in [0.2, 0.25) is 0 Å². The largest absolute Gasteiger partial charge is 0.378 e. The van der Waals surface area contributed by atoms with E-state index in [4.69, 9.17) is 0 Å². The normalized spacial score (nSPS) is 11.9. The topological polar surface area (TPSA) is 36.8 Å². The van der Waals surface area contributed by atoms with E-state index in [0.717, 1.165) is 29.9 Å². The number of hydrogen-bond acceptors (Lipinski definition) is 2. The number of carbonyl (C=O) groups is 1. The highest BCUT2D eigenvalue weighted by molar-refractivity contribution is 5.93. The average Bonchev–Trinajstić information content (AvgIpc) is 2.58. The Balaban J connectivity index is 2.00. The minimum atomic E-state index is 0.0711. The van der Waals surface area contributed by atoms with Gasteiger partial charge in [-0.25, -0.2) is 0 Å². The molecule has 0 aliphatic heterocycles. The van der Waals surface area contributed by atoms with E-state index in [2.05, 4.69) is 60.5 Å². The highest BCUT2D eigenvalue weighted by Crippen LogP contribution is 2.21. The smallest absolute Gasteiger partial charge is 0.279 e. The monoisotopic (exact) mass is 354 g/mol. The molecule has 0 aromatic heterocycles. The molecule has 1 amide bonds. The van der Waals surface area contributed by atoms with Crippen molar-refractivity contribution >= 4 is 17.3 Å². The van der Waals surface area contributed by atoms with Crippen LogP contribution in [0.1, 0.15) is 29.2 Å². The van der Waals surface area contributed by atoms with Gasteiger partial charge in [0, 0.05) is 31.0 Å². The quantitative estimate of drug-likeness (QED) is 0.802. The first-order chi connectivity index (χ1) is 12.3. The second-order valence-corrected chi connectivity index (χ2v) is 7.34. The van der Waals surface area contributed by atoms with E-state index in [0.29, 0.717) is 6.54 Å². The molecule has 1 atom stereocenters. The summed E-state index contributed by atoms with van der Waals surface area (Å²) in [5.74, 6) is 0.0711. The van der Waals surface area contributed by atoms with Crippen LogP contribution in [0.4, 0.5) is 11.4 Å². The molecule has 0 radical (unpaired) electrons. The van der Waals surface area contributed by atoms with Crippen molar-refractivity contribution in [2.24, 2.45) is 0 Å². The van der Waals surface area contributed by atoms with Gasteiger partial charge in [0.15, 0.2) is 6.54 Å². The molecule has 4 heteroatoms. The van der Waals surface area contributed by atoms with E-state index in [1.54, 1.807) is 0 Å². The van der Waals surface area contributed by atoms with Crippen molar-refractivity contribution in [2.45, 2.75) is 34.2 Å². The van der Waals surface area contributed by atoms with Gasteiger partial charge in [-0.2, -0.15) is 0 Å². The van der Waals surface area contributed by atoms with Gasteiger partial charge in [-0.1, -0.05) is 29.8 Å². The Kier molecular flexibility index (Phi) is 6.81. The zero-order valence-corrected chi connectivity index (χ0v) is 16.9. The van der Waals surface area contributed by atoms with Crippen molar-refractivity contribution < 1.29 is 9.69 Å². The number of quaternary nitrogens is 1. The number of nitrogens with zero attached hydrogens (tertiary/aromatic N) is 1. The number of aryl methyl sites for hydroxylation is 3. The van der Waals surface area contributed by atoms with Gasteiger partial charge >= 0.3 is 0 Å². The Labute approximate surface area is 157 Å². The summed E-state index contributed by atoms with van der Waals surface area (Å²) >= 11 is 0. The number of likely N-dealkylation sites (N-methyl/N-ethyl adjacent to an activating group) is 1. The van der Waals surface area contributed by atoms with Crippen LogP contribution in [0.25, 0.3) is 0 Å². The fourth-order valence-corrected chi connectivity index (χ4v) is 3.30. The van der Waals surface area contributed by atoms with Crippen LogP contribution in [0.3, 0.4) is 0 Å². The first-order valence-corrected chi connectivity index (χ1v) is 9.27. The zero-order chi connectivity index (χ0) is 19.3. The molecule has 0 aliphatic carbocycles. The van der Waals surface area contributed by atoms with Gasteiger partial charge < -0.3 is 15.1 Å². The number of anilines is 2. The predicted octanol–water partition coefficient (Wildman–Crippen LogP) is 2.72. The molecule has 2 aromatic carbocycles. The van der Waals surface area contributed by atoms with Gasteiger partial charge in [0.25, 0.3) is 5.91 Å². The number of amides is 1. The molecule has 4 nitrogen and oxygen atoms in total. The summed E-state index contributed by atoms with van der Waals surface area (Å²) in [6, 6.07) is 12.8. The molecule has 2 N–H and O–H groups in total. The number of carbonyl (C=O) groups excluding carboxylic acids is 1. The number of hydrogen-bond donors (Lipinski definition) is 2. The van der Waals surface area contributed by atoms with Crippen LogP contribution in [0.5, 0.6) is 0 Å². The Bertz CT molecular complexity index is 727. The van der Waals surface area contributed by atoms with Crippen LogP contribution in [0.15, 0.2) is 36.4 Å². The van der Waals surface area contributed by atoms with Crippen molar-refractivity contribution in [1.82, 2.24) is 0 Å². The molecule has 0 saturated carbocycles. The van der Waals surface area contributed by atoms with E-state index in [-0.39, 0.29) is 5.91 Å². The third kappa shape index (κ3) is 5.33. The summed E-state index contributed by atoms with van der Waals surface area (Å²) in [5.41, 5.74) is 6.85. The molecule has 140 valence electrons. The van der Waals surface area contributed by atoms with Crippen molar-refractivity contribution in [1.29, 1.82) is 0 Å². The van der Waals surface area contributed by atoms with E-state index in [9.17, 15) is 4.79 Å². The third-order valence-corrected chi connectivity index (χ3v) is 4.76. The maximum absolute atomic E-state index is 12.6. The van der Waals surface area contributed by atoms with E-state index >= 15 is 0 Å². The van der Waals surface area contributed by atoms with Gasteiger partial charge in [-0.3, -0.25) is 4.79 Å². The van der Waals surface area contributed by atoms with Crippen LogP contribution >= 0.6 is 0 Å². The summed E-state index contributed by atoms with van der Waals surface area (Å²) in [6.45, 7) is 10.5. The third-order valence-electron chi connectivity index (χ3n) is 4.76. The lowest BCUT2D eigenvalue weighted by atomic mass is 10.1. The van der Waals surface area contributed by atoms with Crippen LogP contribution in [0, 0.1) is 20.8 Å². The van der Waals surface area contributed by atoms with Crippen molar-refractivity contribution in [3.05, 3.63) is 58.7 Å². The number of nitrogens with one attached hydrogen (secondary N) is 2. The molecule has 0 saturated heterocycles. The maximum Gasteiger partial charge on any atom is 0.279 e. The van der Waals surface area contributed by atoms with Gasteiger partial charge in [0.1, 0.15) is 6.54 Å². The maximum atomic E-state index is 12.6. The minimum absolute atomic E-state index is 0.0711. The highest BCUT2D eigenvalue weighted by Gasteiger charge is 2.15. The molecule has 1 unspecified atom stereocenters. The van der Waals surface area contributed by atoms with E-state index < -0.39 is 0 Å². The molecular formula is C22H32N3O+. The Hall–Kier alpha value is -2.33. The molecule has 2 aromatic rings. The summed E-state index contributed by atoms with van der Waals surface area (Å²) in [7, 11) is 4.08. The molecular weight excluding hydrogens is 322 g/mol. The molecule has 0 fully saturated rings. The molecule has 0 heterocycles. The molecule has 0 bridgehead atoms. The summed E-state index contributed by atoms with van der Waals surface area (Å²) < 4.78 is 0. The van der Waals surface area contributed by atoms with Crippen molar-refractivity contribution in [3.8, 4) is 0 Å². The lowest BCUT2D eigenvalue weighted by molar-refractivity contribution is -0.903. The Morgan fingerprint density at radius 2 is 1.62 bits per heavy atom. The molecule has 0 aliphatic rings. The Morgan fingerprint density at radius 1 is 1.04 bits per heavy atom. The van der Waals surface area contributed by atoms with Crippen molar-refractivity contribution in [3.63, 3.8) is 0 Å². The van der Waals surface area contributed by atoms with Gasteiger partial charge in [-0.15, -0.1) is 0 Å². The summed E-state index contributed by atoms with van der Waals surface area (Å²) in [6.07, 6.45) is 0. The van der Waals surface area contributed by atoms with Crippen molar-refractivity contribution in [2.75, 3.05) is 37.4 Å².